The van der Waals surface area contributed by atoms with E-state index in [-0.39, 0.29) is 6.03 Å². The maximum atomic E-state index is 12.1. The summed E-state index contributed by atoms with van der Waals surface area (Å²) >= 11 is 3.38. The third kappa shape index (κ3) is 3.65. The zero-order chi connectivity index (χ0) is 16.4. The number of carbonyl (C=O) groups excluding carboxylic acids is 1. The number of hydrogen-bond acceptors (Lipinski definition) is 4. The van der Waals surface area contributed by atoms with Crippen LogP contribution in [0.2, 0.25) is 0 Å². The summed E-state index contributed by atoms with van der Waals surface area (Å²) < 4.78 is 7.97. The van der Waals surface area contributed by atoms with Crippen LogP contribution in [-0.2, 0) is 13.1 Å². The molecule has 0 fully saturated rings. The maximum absolute atomic E-state index is 12.1. The van der Waals surface area contributed by atoms with Gasteiger partial charge in [0.05, 0.1) is 23.8 Å². The molecule has 0 aliphatic carbocycles. The van der Waals surface area contributed by atoms with Crippen molar-refractivity contribution in [1.82, 2.24) is 14.7 Å². The van der Waals surface area contributed by atoms with Gasteiger partial charge < -0.3 is 10.1 Å². The van der Waals surface area contributed by atoms with Crippen molar-refractivity contribution < 1.29 is 9.53 Å². The van der Waals surface area contributed by atoms with E-state index in [9.17, 15) is 4.79 Å². The molecule has 122 valence electrons. The smallest absolute Gasteiger partial charge is 0.324 e. The fourth-order valence-corrected chi connectivity index (χ4v) is 2.88. The summed E-state index contributed by atoms with van der Waals surface area (Å²) in [5, 5.41) is 9.93. The Labute approximate surface area is 142 Å². The number of fused-ring (bicyclic) bond motifs is 1. The minimum absolute atomic E-state index is 0.335. The van der Waals surface area contributed by atoms with E-state index in [1.165, 1.54) is 0 Å². The lowest BCUT2D eigenvalue weighted by molar-refractivity contribution is 0.258. The van der Waals surface area contributed by atoms with E-state index in [0.717, 1.165) is 29.8 Å². The van der Waals surface area contributed by atoms with Crippen molar-refractivity contribution >= 4 is 33.5 Å². The molecular weight excluding hydrogens is 362 g/mol. The highest BCUT2D eigenvalue weighted by Gasteiger charge is 2.16. The van der Waals surface area contributed by atoms with Gasteiger partial charge in [-0.15, -0.1) is 0 Å². The summed E-state index contributed by atoms with van der Waals surface area (Å²) in [5.74, 6) is 1.21. The van der Waals surface area contributed by atoms with Crippen molar-refractivity contribution in [2.24, 2.45) is 0 Å². The average Bonchev–Trinajstić information content (AvgIpc) is 2.90. The molecule has 2 heterocycles. The van der Waals surface area contributed by atoms with Gasteiger partial charge in [-0.2, -0.15) is 5.10 Å². The molecule has 1 aliphatic heterocycles. The maximum Gasteiger partial charge on any atom is 0.324 e. The molecule has 2 amide bonds. The molecule has 0 radical (unpaired) electrons. The fraction of sp³-hybridized carbons (Fsp3) is 0.333. The predicted molar refractivity (Wildman–Crippen MR) is 91.9 cm³/mol. The van der Waals surface area contributed by atoms with E-state index in [1.807, 2.05) is 16.8 Å². The molecule has 3 rings (SSSR count). The number of likely N-dealkylation sites (N-methyl/N-ethyl adjacent to an activating group) is 1. The van der Waals surface area contributed by atoms with E-state index in [2.05, 4.69) is 43.6 Å². The Kier molecular flexibility index (Phi) is 4.53. The van der Waals surface area contributed by atoms with Gasteiger partial charge in [-0.3, -0.25) is 14.9 Å². The second kappa shape index (κ2) is 6.59. The van der Waals surface area contributed by atoms with E-state index in [1.54, 1.807) is 19.2 Å². The highest BCUT2D eigenvalue weighted by Crippen LogP contribution is 2.27. The van der Waals surface area contributed by atoms with Crippen LogP contribution in [0.5, 0.6) is 5.75 Å². The van der Waals surface area contributed by atoms with Gasteiger partial charge in [0, 0.05) is 30.9 Å². The summed E-state index contributed by atoms with van der Waals surface area (Å²) in [7, 11) is 3.65. The molecule has 0 bridgehead atoms. The zero-order valence-electron chi connectivity index (χ0n) is 13.0. The van der Waals surface area contributed by atoms with Gasteiger partial charge in [-0.25, -0.2) is 4.79 Å². The first kappa shape index (κ1) is 15.8. The Bertz CT molecular complexity index is 731. The Balaban J connectivity index is 1.66. The van der Waals surface area contributed by atoms with E-state index in [4.69, 9.17) is 4.74 Å². The lowest BCUT2D eigenvalue weighted by atomic mass is 10.3. The van der Waals surface area contributed by atoms with Crippen molar-refractivity contribution in [1.29, 1.82) is 0 Å². The van der Waals surface area contributed by atoms with Crippen LogP contribution in [0.3, 0.4) is 0 Å². The van der Waals surface area contributed by atoms with Crippen molar-refractivity contribution in [3.05, 3.63) is 34.4 Å². The highest BCUT2D eigenvalue weighted by molar-refractivity contribution is 9.10. The van der Waals surface area contributed by atoms with E-state index in [0.29, 0.717) is 17.3 Å². The molecule has 2 aromatic rings. The van der Waals surface area contributed by atoms with Crippen LogP contribution < -0.4 is 15.4 Å². The largest absolute Gasteiger partial charge is 0.495 e. The monoisotopic (exact) mass is 379 g/mol. The Morgan fingerprint density at radius 3 is 2.91 bits per heavy atom. The molecule has 0 spiro atoms. The third-order valence-corrected chi connectivity index (χ3v) is 4.29. The number of hydrogen-bond donors (Lipinski definition) is 2. The molecule has 1 aromatic carbocycles. The van der Waals surface area contributed by atoms with Gasteiger partial charge in [0.2, 0.25) is 0 Å². The Hall–Kier alpha value is -2.06. The summed E-state index contributed by atoms with van der Waals surface area (Å²) in [6, 6.07) is 6.92. The number of urea groups is 1. The lowest BCUT2D eigenvalue weighted by Gasteiger charge is -2.22. The van der Waals surface area contributed by atoms with Crippen LogP contribution in [-0.4, -0.2) is 41.4 Å². The quantitative estimate of drug-likeness (QED) is 0.859. The van der Waals surface area contributed by atoms with Crippen LogP contribution >= 0.6 is 15.9 Å². The summed E-state index contributed by atoms with van der Waals surface area (Å²) in [4.78, 5) is 14.3. The topological polar surface area (TPSA) is 71.4 Å². The van der Waals surface area contributed by atoms with Crippen LogP contribution in [0.4, 0.5) is 16.3 Å². The minimum Gasteiger partial charge on any atom is -0.495 e. The highest BCUT2D eigenvalue weighted by atomic mass is 79.9. The van der Waals surface area contributed by atoms with Crippen molar-refractivity contribution in [3.63, 3.8) is 0 Å². The Morgan fingerprint density at radius 1 is 1.30 bits per heavy atom. The van der Waals surface area contributed by atoms with Gasteiger partial charge in [-0.1, -0.05) is 0 Å². The van der Waals surface area contributed by atoms with Gasteiger partial charge in [-0.05, 0) is 35.1 Å². The molecule has 0 atom stereocenters. The first-order valence-electron chi connectivity index (χ1n) is 7.22. The second-order valence-corrected chi connectivity index (χ2v) is 6.26. The summed E-state index contributed by atoms with van der Waals surface area (Å²) in [5.41, 5.74) is 1.74. The fourth-order valence-electron chi connectivity index (χ4n) is 2.47. The number of carbonyl (C=O) groups is 1. The molecule has 23 heavy (non-hydrogen) atoms. The summed E-state index contributed by atoms with van der Waals surface area (Å²) in [6.45, 7) is 2.62. The molecular formula is C15H18BrN5O2. The molecule has 1 aliphatic rings. The molecule has 0 saturated heterocycles. The number of nitrogens with one attached hydrogen (secondary N) is 2. The molecule has 2 N–H and O–H groups in total. The Morgan fingerprint density at radius 2 is 2.13 bits per heavy atom. The van der Waals surface area contributed by atoms with Gasteiger partial charge in [0.25, 0.3) is 0 Å². The average molecular weight is 380 g/mol. The first-order valence-corrected chi connectivity index (χ1v) is 8.01. The molecule has 0 saturated carbocycles. The SMILES string of the molecule is COc1cc(NC(=O)Nc2cc3n(n2)CCN(C)C3)ccc1Br. The number of ether oxygens (including phenoxy) is 1. The van der Waals surface area contributed by atoms with Crippen LogP contribution in [0, 0.1) is 0 Å². The van der Waals surface area contributed by atoms with Gasteiger partial charge >= 0.3 is 6.03 Å². The van der Waals surface area contributed by atoms with Crippen LogP contribution in [0.1, 0.15) is 5.69 Å². The number of aromatic nitrogens is 2. The van der Waals surface area contributed by atoms with Crippen molar-refractivity contribution in [2.75, 3.05) is 31.3 Å². The zero-order valence-corrected chi connectivity index (χ0v) is 14.6. The number of rotatable bonds is 3. The standard InChI is InChI=1S/C15H18BrN5O2/c1-20-5-6-21-11(9-20)8-14(19-21)18-15(22)17-10-3-4-12(16)13(7-10)23-2/h3-4,7-8H,5-6,9H2,1-2H3,(H2,17,18,19,22). The molecule has 0 unspecified atom stereocenters. The van der Waals surface area contributed by atoms with Crippen molar-refractivity contribution in [2.45, 2.75) is 13.1 Å². The number of nitrogens with zero attached hydrogens (tertiary/aromatic N) is 3. The van der Waals surface area contributed by atoms with E-state index < -0.39 is 0 Å². The lowest BCUT2D eigenvalue weighted by Crippen LogP contribution is -2.30. The van der Waals surface area contributed by atoms with Gasteiger partial charge in [0.1, 0.15) is 5.75 Å². The molecule has 8 heteroatoms. The normalized spacial score (nSPS) is 14.2. The summed E-state index contributed by atoms with van der Waals surface area (Å²) in [6.07, 6.45) is 0. The predicted octanol–water partition coefficient (Wildman–Crippen LogP) is 2.74. The van der Waals surface area contributed by atoms with Crippen LogP contribution in [0.25, 0.3) is 0 Å². The van der Waals surface area contributed by atoms with Crippen molar-refractivity contribution in [3.8, 4) is 5.75 Å². The number of amides is 2. The van der Waals surface area contributed by atoms with Gasteiger partial charge in [0.15, 0.2) is 5.82 Å². The van der Waals surface area contributed by atoms with Crippen LogP contribution in [0.15, 0.2) is 28.7 Å². The number of benzene rings is 1. The first-order chi connectivity index (χ1) is 11.0. The molecule has 1 aromatic heterocycles. The third-order valence-electron chi connectivity index (χ3n) is 3.64. The molecule has 7 nitrogen and oxygen atoms in total. The second-order valence-electron chi connectivity index (χ2n) is 5.41. The minimum atomic E-state index is -0.335. The number of anilines is 2. The number of methoxy groups -OCH3 is 1. The number of halogens is 1. The van der Waals surface area contributed by atoms with E-state index >= 15 is 0 Å².